The van der Waals surface area contributed by atoms with E-state index < -0.39 is 41.6 Å². The SMILES string of the molecule is COC(=O)CNC(=O)C(c1ccc(O)c(C)c1)N(C(=O)C(NC(=O)OC(C)(C)C)C(C)C)C1CC1. The zero-order valence-corrected chi connectivity index (χ0v) is 21.5. The van der Waals surface area contributed by atoms with Crippen molar-refractivity contribution in [2.45, 2.75) is 78.1 Å². The standard InChI is InChI=1S/C25H37N3O7/c1-14(2)20(27-24(33)35-25(4,5)6)23(32)28(17-9-10-17)21(22(31)26-13-19(30)34-7)16-8-11-18(29)15(3)12-16/h8,11-12,14,17,20-21,29H,9-10,13H2,1-7H3,(H,26,31)(H,27,33). The van der Waals surface area contributed by atoms with E-state index in [0.29, 0.717) is 24.0 Å². The van der Waals surface area contributed by atoms with Gasteiger partial charge in [0.25, 0.3) is 0 Å². The molecule has 2 rings (SSSR count). The van der Waals surface area contributed by atoms with Crippen LogP contribution in [0.15, 0.2) is 18.2 Å². The molecule has 0 heterocycles. The van der Waals surface area contributed by atoms with Gasteiger partial charge in [0.05, 0.1) is 7.11 Å². The molecule has 10 nitrogen and oxygen atoms in total. The fourth-order valence-corrected chi connectivity index (χ4v) is 3.59. The van der Waals surface area contributed by atoms with Crippen molar-refractivity contribution < 1.29 is 33.8 Å². The molecular weight excluding hydrogens is 454 g/mol. The van der Waals surface area contributed by atoms with E-state index in [2.05, 4.69) is 15.4 Å². The summed E-state index contributed by atoms with van der Waals surface area (Å²) in [6, 6.07) is 2.41. The molecule has 0 spiro atoms. The molecular formula is C25H37N3O7. The number of benzene rings is 1. The average molecular weight is 492 g/mol. The summed E-state index contributed by atoms with van der Waals surface area (Å²) in [5.41, 5.74) is 0.261. The van der Waals surface area contributed by atoms with Crippen LogP contribution in [0.2, 0.25) is 0 Å². The van der Waals surface area contributed by atoms with E-state index in [0.717, 1.165) is 0 Å². The summed E-state index contributed by atoms with van der Waals surface area (Å²) >= 11 is 0. The number of ether oxygens (including phenoxy) is 2. The summed E-state index contributed by atoms with van der Waals surface area (Å²) < 4.78 is 9.96. The Hall–Kier alpha value is -3.30. The molecule has 1 aromatic rings. The van der Waals surface area contributed by atoms with Crippen molar-refractivity contribution in [1.29, 1.82) is 0 Å². The first-order chi connectivity index (χ1) is 16.2. The molecule has 3 amide bonds. The molecule has 10 heteroatoms. The van der Waals surface area contributed by atoms with E-state index in [1.165, 1.54) is 18.1 Å². The van der Waals surface area contributed by atoms with Gasteiger partial charge in [0.1, 0.15) is 30.0 Å². The number of hydrogen-bond donors (Lipinski definition) is 3. The minimum atomic E-state index is -1.08. The van der Waals surface area contributed by atoms with Gasteiger partial charge in [-0.3, -0.25) is 14.4 Å². The lowest BCUT2D eigenvalue weighted by Gasteiger charge is -2.35. The predicted molar refractivity (Wildman–Crippen MR) is 128 cm³/mol. The number of alkyl carbamates (subject to hydrolysis) is 1. The number of aromatic hydroxyl groups is 1. The van der Waals surface area contributed by atoms with E-state index in [1.807, 2.05) is 0 Å². The highest BCUT2D eigenvalue weighted by Crippen LogP contribution is 2.37. The topological polar surface area (TPSA) is 134 Å². The second-order valence-corrected chi connectivity index (χ2v) is 10.1. The number of esters is 1. The van der Waals surface area contributed by atoms with Crippen LogP contribution in [0.3, 0.4) is 0 Å². The quantitative estimate of drug-likeness (QED) is 0.452. The fraction of sp³-hybridized carbons (Fsp3) is 0.600. The number of phenolic OH excluding ortho intramolecular Hbond substituents is 1. The van der Waals surface area contributed by atoms with Gasteiger partial charge in [0.15, 0.2) is 0 Å². The highest BCUT2D eigenvalue weighted by atomic mass is 16.6. The van der Waals surface area contributed by atoms with Gasteiger partial charge in [-0.15, -0.1) is 0 Å². The third-order valence-electron chi connectivity index (χ3n) is 5.50. The number of hydrogen-bond acceptors (Lipinski definition) is 7. The van der Waals surface area contributed by atoms with Crippen molar-refractivity contribution in [2.24, 2.45) is 5.92 Å². The van der Waals surface area contributed by atoms with Crippen LogP contribution in [-0.2, 0) is 23.9 Å². The van der Waals surface area contributed by atoms with E-state index >= 15 is 0 Å². The third kappa shape index (κ3) is 7.87. The molecule has 0 aromatic heterocycles. The largest absolute Gasteiger partial charge is 0.508 e. The molecule has 1 saturated carbocycles. The van der Waals surface area contributed by atoms with Gasteiger partial charge < -0.3 is 30.1 Å². The predicted octanol–water partition coefficient (Wildman–Crippen LogP) is 2.57. The van der Waals surface area contributed by atoms with E-state index in [-0.39, 0.29) is 24.3 Å². The fourth-order valence-electron chi connectivity index (χ4n) is 3.59. The van der Waals surface area contributed by atoms with Crippen molar-refractivity contribution in [1.82, 2.24) is 15.5 Å². The minimum absolute atomic E-state index is 0.0541. The monoisotopic (exact) mass is 491 g/mol. The second-order valence-electron chi connectivity index (χ2n) is 10.1. The lowest BCUT2D eigenvalue weighted by atomic mass is 9.97. The first-order valence-corrected chi connectivity index (χ1v) is 11.7. The molecule has 0 radical (unpaired) electrons. The molecule has 2 atom stereocenters. The van der Waals surface area contributed by atoms with Crippen LogP contribution in [0.4, 0.5) is 4.79 Å². The van der Waals surface area contributed by atoms with Crippen LogP contribution in [0.25, 0.3) is 0 Å². The number of aryl methyl sites for hydroxylation is 1. The Balaban J connectivity index is 2.45. The molecule has 0 bridgehead atoms. The summed E-state index contributed by atoms with van der Waals surface area (Å²) in [6.45, 7) is 10.1. The first kappa shape index (κ1) is 27.9. The van der Waals surface area contributed by atoms with Gasteiger partial charge in [-0.2, -0.15) is 0 Å². The maximum Gasteiger partial charge on any atom is 0.408 e. The summed E-state index contributed by atoms with van der Waals surface area (Å²) in [7, 11) is 1.21. The van der Waals surface area contributed by atoms with Gasteiger partial charge >= 0.3 is 12.1 Å². The number of carbonyl (C=O) groups is 4. The van der Waals surface area contributed by atoms with Crippen molar-refractivity contribution in [3.8, 4) is 5.75 Å². The number of phenols is 1. The average Bonchev–Trinajstić information content (AvgIpc) is 3.59. The molecule has 1 aliphatic rings. The highest BCUT2D eigenvalue weighted by Gasteiger charge is 2.44. The lowest BCUT2D eigenvalue weighted by molar-refractivity contribution is -0.145. The molecule has 1 aromatic carbocycles. The number of amides is 3. The van der Waals surface area contributed by atoms with Crippen molar-refractivity contribution in [3.05, 3.63) is 29.3 Å². The molecule has 0 saturated heterocycles. The summed E-state index contributed by atoms with van der Waals surface area (Å²) in [5, 5.41) is 15.2. The van der Waals surface area contributed by atoms with Crippen LogP contribution < -0.4 is 10.6 Å². The number of methoxy groups -OCH3 is 1. The van der Waals surface area contributed by atoms with E-state index in [4.69, 9.17) is 4.74 Å². The second kappa shape index (κ2) is 11.4. The smallest absolute Gasteiger partial charge is 0.408 e. The van der Waals surface area contributed by atoms with E-state index in [9.17, 15) is 24.3 Å². The highest BCUT2D eigenvalue weighted by molar-refractivity contribution is 5.93. The summed E-state index contributed by atoms with van der Waals surface area (Å²) in [4.78, 5) is 52.8. The van der Waals surface area contributed by atoms with Crippen LogP contribution in [0.1, 0.15) is 64.6 Å². The Bertz CT molecular complexity index is 951. The molecule has 194 valence electrons. The normalized spacial score (nSPS) is 15.1. The molecule has 3 N–H and O–H groups in total. The van der Waals surface area contributed by atoms with Gasteiger partial charge in [-0.05, 0) is 69.7 Å². The van der Waals surface area contributed by atoms with Crippen molar-refractivity contribution in [3.63, 3.8) is 0 Å². The van der Waals surface area contributed by atoms with E-state index in [1.54, 1.807) is 53.7 Å². The lowest BCUT2D eigenvalue weighted by Crippen LogP contribution is -2.55. The zero-order chi connectivity index (χ0) is 26.5. The molecule has 2 unspecified atom stereocenters. The third-order valence-corrected chi connectivity index (χ3v) is 5.50. The van der Waals surface area contributed by atoms with Crippen LogP contribution >= 0.6 is 0 Å². The molecule has 1 fully saturated rings. The molecule has 1 aliphatic carbocycles. The first-order valence-electron chi connectivity index (χ1n) is 11.7. The van der Waals surface area contributed by atoms with Gasteiger partial charge in [0, 0.05) is 6.04 Å². The number of rotatable bonds is 9. The van der Waals surface area contributed by atoms with Crippen LogP contribution in [0, 0.1) is 12.8 Å². The summed E-state index contributed by atoms with van der Waals surface area (Å²) in [6.07, 6.45) is 0.661. The maximum atomic E-state index is 13.9. The zero-order valence-electron chi connectivity index (χ0n) is 21.5. The van der Waals surface area contributed by atoms with Gasteiger partial charge in [0.2, 0.25) is 11.8 Å². The minimum Gasteiger partial charge on any atom is -0.508 e. The number of nitrogens with one attached hydrogen (secondary N) is 2. The number of nitrogens with zero attached hydrogens (tertiary/aromatic N) is 1. The van der Waals surface area contributed by atoms with Crippen molar-refractivity contribution >= 4 is 23.9 Å². The van der Waals surface area contributed by atoms with Crippen LogP contribution in [-0.4, -0.2) is 65.2 Å². The maximum absolute atomic E-state index is 13.9. The number of carbonyl (C=O) groups excluding carboxylic acids is 4. The molecule has 0 aliphatic heterocycles. The Morgan fingerprint density at radius 3 is 2.29 bits per heavy atom. The Morgan fingerprint density at radius 2 is 1.80 bits per heavy atom. The van der Waals surface area contributed by atoms with Crippen LogP contribution in [0.5, 0.6) is 5.75 Å². The molecule has 35 heavy (non-hydrogen) atoms. The van der Waals surface area contributed by atoms with Gasteiger partial charge in [-0.25, -0.2) is 4.79 Å². The van der Waals surface area contributed by atoms with Crippen molar-refractivity contribution in [2.75, 3.05) is 13.7 Å². The van der Waals surface area contributed by atoms with Gasteiger partial charge in [-0.1, -0.05) is 19.9 Å². The summed E-state index contributed by atoms with van der Waals surface area (Å²) in [5.74, 6) is -1.87. The Morgan fingerprint density at radius 1 is 1.17 bits per heavy atom. The Labute approximate surface area is 206 Å². The Kier molecular flexibility index (Phi) is 9.12.